The third-order valence-electron chi connectivity index (χ3n) is 3.01. The lowest BCUT2D eigenvalue weighted by molar-refractivity contribution is 0.400. The number of nitrogens with one attached hydrogen (secondary N) is 1. The van der Waals surface area contributed by atoms with Crippen molar-refractivity contribution in [3.8, 4) is 5.75 Å². The summed E-state index contributed by atoms with van der Waals surface area (Å²) < 4.78 is 6.35. The molecule has 0 aliphatic heterocycles. The number of nitrogens with zero attached hydrogens (tertiary/aromatic N) is 1. The molecular weight excluding hydrogens is 306 g/mol. The third-order valence-corrected chi connectivity index (χ3v) is 3.51. The molecule has 4 nitrogen and oxygen atoms in total. The van der Waals surface area contributed by atoms with Gasteiger partial charge in [-0.05, 0) is 42.3 Å². The van der Waals surface area contributed by atoms with Crippen LogP contribution in [0.1, 0.15) is 22.9 Å². The average Bonchev–Trinajstić information content (AvgIpc) is 2.44. The second-order valence-electron chi connectivity index (χ2n) is 4.19. The van der Waals surface area contributed by atoms with E-state index in [-0.39, 0.29) is 6.04 Å². The fourth-order valence-electron chi connectivity index (χ4n) is 2.03. The number of rotatable bonds is 4. The monoisotopic (exact) mass is 321 g/mol. The normalized spacial score (nSPS) is 12.2. The van der Waals surface area contributed by atoms with Crippen molar-refractivity contribution in [3.05, 3.63) is 57.8 Å². The number of halogens is 1. The summed E-state index contributed by atoms with van der Waals surface area (Å²) in [6.45, 7) is 2.04. The molecule has 3 N–H and O–H groups in total. The molecule has 0 saturated carbocycles. The second kappa shape index (κ2) is 6.14. The van der Waals surface area contributed by atoms with Crippen LogP contribution in [0.2, 0.25) is 0 Å². The number of nitrogens with two attached hydrogens (primary N) is 1. The zero-order chi connectivity index (χ0) is 13.8. The van der Waals surface area contributed by atoms with Crippen molar-refractivity contribution in [2.75, 3.05) is 7.11 Å². The van der Waals surface area contributed by atoms with E-state index in [4.69, 9.17) is 10.6 Å². The molecule has 0 fully saturated rings. The van der Waals surface area contributed by atoms with Gasteiger partial charge < -0.3 is 4.74 Å². The molecule has 0 aliphatic carbocycles. The summed E-state index contributed by atoms with van der Waals surface area (Å²) >= 11 is 3.48. The number of hydrazine groups is 1. The Hall–Kier alpha value is -1.43. The van der Waals surface area contributed by atoms with Crippen molar-refractivity contribution in [2.45, 2.75) is 13.0 Å². The minimum atomic E-state index is -0.214. The molecule has 0 spiro atoms. The summed E-state index contributed by atoms with van der Waals surface area (Å²) in [7, 11) is 1.63. The van der Waals surface area contributed by atoms with Crippen molar-refractivity contribution >= 4 is 15.9 Å². The Morgan fingerprint density at radius 1 is 1.37 bits per heavy atom. The van der Waals surface area contributed by atoms with Gasteiger partial charge in [0.1, 0.15) is 11.4 Å². The van der Waals surface area contributed by atoms with E-state index in [0.717, 1.165) is 21.3 Å². The smallest absolute Gasteiger partial charge is 0.142 e. The SMILES string of the molecule is COc1cccnc1C(NN)c1cc(Br)ccc1C. The van der Waals surface area contributed by atoms with Gasteiger partial charge in [0, 0.05) is 10.7 Å². The first kappa shape index (κ1) is 14.0. The molecule has 0 radical (unpaired) electrons. The van der Waals surface area contributed by atoms with E-state index in [2.05, 4.69) is 26.3 Å². The Balaban J connectivity index is 2.53. The number of aryl methyl sites for hydroxylation is 1. The van der Waals surface area contributed by atoms with Crippen LogP contribution in [0.25, 0.3) is 0 Å². The van der Waals surface area contributed by atoms with Gasteiger partial charge in [0.05, 0.1) is 13.2 Å². The molecule has 0 saturated heterocycles. The molecule has 1 unspecified atom stereocenters. The van der Waals surface area contributed by atoms with E-state index in [1.165, 1.54) is 0 Å². The summed E-state index contributed by atoms with van der Waals surface area (Å²) in [5.74, 6) is 6.43. The van der Waals surface area contributed by atoms with E-state index in [0.29, 0.717) is 5.75 Å². The molecule has 2 rings (SSSR count). The summed E-state index contributed by atoms with van der Waals surface area (Å²) in [5, 5.41) is 0. The summed E-state index contributed by atoms with van der Waals surface area (Å²) in [6, 6.07) is 9.58. The Kier molecular flexibility index (Phi) is 4.52. The van der Waals surface area contributed by atoms with Crippen LogP contribution in [-0.2, 0) is 0 Å². The number of aromatic nitrogens is 1. The highest BCUT2D eigenvalue weighted by atomic mass is 79.9. The number of benzene rings is 1. The van der Waals surface area contributed by atoms with Crippen molar-refractivity contribution in [3.63, 3.8) is 0 Å². The number of pyridine rings is 1. The standard InChI is InChI=1S/C14H16BrN3O/c1-9-5-6-10(15)8-11(9)13(18-16)14-12(19-2)4-3-7-17-14/h3-8,13,18H,16H2,1-2H3. The number of hydrogen-bond donors (Lipinski definition) is 2. The molecule has 2 aromatic rings. The van der Waals surface area contributed by atoms with Gasteiger partial charge in [0.2, 0.25) is 0 Å². The molecule has 1 aromatic heterocycles. The van der Waals surface area contributed by atoms with Crippen LogP contribution in [0.5, 0.6) is 5.75 Å². The van der Waals surface area contributed by atoms with Gasteiger partial charge in [-0.15, -0.1) is 0 Å². The predicted octanol–water partition coefficient (Wildman–Crippen LogP) is 2.71. The van der Waals surface area contributed by atoms with Crippen LogP contribution >= 0.6 is 15.9 Å². The zero-order valence-corrected chi connectivity index (χ0v) is 12.4. The average molecular weight is 322 g/mol. The zero-order valence-electron chi connectivity index (χ0n) is 10.9. The van der Waals surface area contributed by atoms with Gasteiger partial charge in [0.15, 0.2) is 0 Å². The minimum absolute atomic E-state index is 0.214. The molecule has 100 valence electrons. The number of hydrogen-bond acceptors (Lipinski definition) is 4. The van der Waals surface area contributed by atoms with Crippen molar-refractivity contribution in [1.29, 1.82) is 0 Å². The summed E-state index contributed by atoms with van der Waals surface area (Å²) in [5.41, 5.74) is 5.79. The van der Waals surface area contributed by atoms with Crippen LogP contribution in [-0.4, -0.2) is 12.1 Å². The van der Waals surface area contributed by atoms with Crippen LogP contribution in [0.15, 0.2) is 41.0 Å². The molecule has 5 heteroatoms. The lowest BCUT2D eigenvalue weighted by Gasteiger charge is -2.20. The fraction of sp³-hybridized carbons (Fsp3) is 0.214. The van der Waals surface area contributed by atoms with Gasteiger partial charge in [-0.3, -0.25) is 10.8 Å². The van der Waals surface area contributed by atoms with Crippen LogP contribution in [0.3, 0.4) is 0 Å². The van der Waals surface area contributed by atoms with E-state index in [1.54, 1.807) is 13.3 Å². The predicted molar refractivity (Wildman–Crippen MR) is 78.8 cm³/mol. The molecule has 1 atom stereocenters. The fourth-order valence-corrected chi connectivity index (χ4v) is 2.41. The first-order chi connectivity index (χ1) is 9.17. The van der Waals surface area contributed by atoms with Crippen molar-refractivity contribution in [2.24, 2.45) is 5.84 Å². The Morgan fingerprint density at radius 2 is 2.16 bits per heavy atom. The lowest BCUT2D eigenvalue weighted by Crippen LogP contribution is -2.30. The Labute approximate surface area is 121 Å². The quantitative estimate of drug-likeness (QED) is 0.671. The first-order valence-corrected chi connectivity index (χ1v) is 6.67. The Bertz CT molecular complexity index is 574. The van der Waals surface area contributed by atoms with Crippen LogP contribution < -0.4 is 16.0 Å². The maximum absolute atomic E-state index is 5.72. The lowest BCUT2D eigenvalue weighted by atomic mass is 9.98. The highest BCUT2D eigenvalue weighted by Gasteiger charge is 2.20. The van der Waals surface area contributed by atoms with Gasteiger partial charge in [-0.1, -0.05) is 22.0 Å². The van der Waals surface area contributed by atoms with Crippen molar-refractivity contribution in [1.82, 2.24) is 10.4 Å². The van der Waals surface area contributed by atoms with E-state index in [1.807, 2.05) is 37.3 Å². The van der Waals surface area contributed by atoms with Gasteiger partial charge in [-0.25, -0.2) is 5.43 Å². The summed E-state index contributed by atoms with van der Waals surface area (Å²) in [6.07, 6.45) is 1.73. The summed E-state index contributed by atoms with van der Waals surface area (Å²) in [4.78, 5) is 4.39. The largest absolute Gasteiger partial charge is 0.495 e. The highest BCUT2D eigenvalue weighted by Crippen LogP contribution is 2.30. The number of ether oxygens (including phenoxy) is 1. The van der Waals surface area contributed by atoms with E-state index >= 15 is 0 Å². The van der Waals surface area contributed by atoms with E-state index in [9.17, 15) is 0 Å². The van der Waals surface area contributed by atoms with Gasteiger partial charge >= 0.3 is 0 Å². The second-order valence-corrected chi connectivity index (χ2v) is 5.11. The molecule has 0 aliphatic rings. The van der Waals surface area contributed by atoms with Gasteiger partial charge in [0.25, 0.3) is 0 Å². The minimum Gasteiger partial charge on any atom is -0.495 e. The molecule has 0 amide bonds. The maximum Gasteiger partial charge on any atom is 0.142 e. The van der Waals surface area contributed by atoms with E-state index < -0.39 is 0 Å². The Morgan fingerprint density at radius 3 is 2.84 bits per heavy atom. The molecular formula is C14H16BrN3O. The number of methoxy groups -OCH3 is 1. The van der Waals surface area contributed by atoms with Crippen LogP contribution in [0.4, 0.5) is 0 Å². The van der Waals surface area contributed by atoms with Crippen molar-refractivity contribution < 1.29 is 4.74 Å². The third kappa shape index (κ3) is 2.94. The van der Waals surface area contributed by atoms with Crippen LogP contribution in [0, 0.1) is 6.92 Å². The maximum atomic E-state index is 5.72. The molecule has 1 heterocycles. The highest BCUT2D eigenvalue weighted by molar-refractivity contribution is 9.10. The molecule has 1 aromatic carbocycles. The molecule has 19 heavy (non-hydrogen) atoms. The topological polar surface area (TPSA) is 60.2 Å². The first-order valence-electron chi connectivity index (χ1n) is 5.88. The van der Waals surface area contributed by atoms with Gasteiger partial charge in [-0.2, -0.15) is 0 Å². The molecule has 0 bridgehead atoms.